The second kappa shape index (κ2) is 4.90. The molecule has 0 saturated heterocycles. The quantitative estimate of drug-likeness (QED) is 0.817. The zero-order chi connectivity index (χ0) is 13.3. The van der Waals surface area contributed by atoms with Crippen LogP contribution in [0.1, 0.15) is 30.6 Å². The monoisotopic (exact) mass is 266 g/mol. The van der Waals surface area contributed by atoms with Crippen molar-refractivity contribution in [3.63, 3.8) is 0 Å². The highest BCUT2D eigenvalue weighted by molar-refractivity contribution is 7.98. The average molecular weight is 266 g/mol. The number of amides is 1. The molecule has 1 aromatic rings. The maximum atomic E-state index is 12.2. The first kappa shape index (κ1) is 13.4. The van der Waals surface area contributed by atoms with Crippen LogP contribution in [-0.4, -0.2) is 34.4 Å². The van der Waals surface area contributed by atoms with E-state index in [-0.39, 0.29) is 23.5 Å². The maximum absolute atomic E-state index is 12.2. The van der Waals surface area contributed by atoms with Crippen LogP contribution in [0.2, 0.25) is 0 Å². The van der Waals surface area contributed by atoms with Crippen molar-refractivity contribution in [2.45, 2.75) is 37.4 Å². The smallest absolute Gasteiger partial charge is 0.254 e. The number of hydrogen-bond acceptors (Lipinski definition) is 4. The van der Waals surface area contributed by atoms with Crippen molar-refractivity contribution >= 4 is 17.7 Å². The lowest BCUT2D eigenvalue weighted by Crippen LogP contribution is -2.61. The summed E-state index contributed by atoms with van der Waals surface area (Å²) in [5.41, 5.74) is 0.347. The summed E-state index contributed by atoms with van der Waals surface area (Å²) < 4.78 is 0. The molecule has 2 rings (SSSR count). The minimum absolute atomic E-state index is 0.0231. The Hall–Kier alpha value is -1.07. The van der Waals surface area contributed by atoms with Gasteiger partial charge in [0.1, 0.15) is 5.03 Å². The highest BCUT2D eigenvalue weighted by atomic mass is 32.2. The van der Waals surface area contributed by atoms with Crippen molar-refractivity contribution < 1.29 is 9.90 Å². The summed E-state index contributed by atoms with van der Waals surface area (Å²) in [6, 6.07) is 3.56. The molecule has 2 atom stereocenters. The Bertz CT molecular complexity index is 462. The molecule has 1 amide bonds. The molecule has 0 aliphatic heterocycles. The summed E-state index contributed by atoms with van der Waals surface area (Å²) >= 11 is 1.46. The number of hydrogen-bond donors (Lipinski definition) is 2. The zero-order valence-electron chi connectivity index (χ0n) is 10.8. The highest BCUT2D eigenvalue weighted by Gasteiger charge is 2.48. The maximum Gasteiger partial charge on any atom is 0.254 e. The third-order valence-corrected chi connectivity index (χ3v) is 4.44. The van der Waals surface area contributed by atoms with E-state index in [1.54, 1.807) is 18.3 Å². The molecule has 0 aromatic carbocycles. The number of aliphatic hydroxyl groups excluding tert-OH is 1. The molecule has 1 aliphatic rings. The van der Waals surface area contributed by atoms with Crippen molar-refractivity contribution in [1.82, 2.24) is 10.3 Å². The van der Waals surface area contributed by atoms with Gasteiger partial charge in [0.15, 0.2) is 0 Å². The van der Waals surface area contributed by atoms with Gasteiger partial charge in [-0.3, -0.25) is 4.79 Å². The van der Waals surface area contributed by atoms with Crippen molar-refractivity contribution in [2.24, 2.45) is 5.41 Å². The Kier molecular flexibility index (Phi) is 3.64. The summed E-state index contributed by atoms with van der Waals surface area (Å²) in [6.07, 6.45) is 3.86. The Labute approximate surface area is 111 Å². The van der Waals surface area contributed by atoms with E-state index < -0.39 is 0 Å². The third-order valence-electron chi connectivity index (χ3n) is 3.73. The molecule has 1 saturated carbocycles. The third kappa shape index (κ3) is 2.24. The molecule has 1 aliphatic carbocycles. The summed E-state index contributed by atoms with van der Waals surface area (Å²) in [5, 5.41) is 13.4. The van der Waals surface area contributed by atoms with E-state index in [0.29, 0.717) is 12.0 Å². The second-order valence-electron chi connectivity index (χ2n) is 5.16. The molecule has 0 bridgehead atoms. The van der Waals surface area contributed by atoms with Gasteiger partial charge in [-0.1, -0.05) is 13.8 Å². The van der Waals surface area contributed by atoms with Crippen LogP contribution in [0.15, 0.2) is 23.4 Å². The fraction of sp³-hybridized carbons (Fsp3) is 0.538. The predicted molar refractivity (Wildman–Crippen MR) is 71.7 cm³/mol. The van der Waals surface area contributed by atoms with Gasteiger partial charge in [-0.25, -0.2) is 4.98 Å². The first-order valence-corrected chi connectivity index (χ1v) is 7.17. The number of carbonyl (C=O) groups is 1. The van der Waals surface area contributed by atoms with E-state index in [1.165, 1.54) is 11.8 Å². The molecule has 18 heavy (non-hydrogen) atoms. The molecular formula is C13H18N2O2S. The Morgan fingerprint density at radius 1 is 1.61 bits per heavy atom. The van der Waals surface area contributed by atoms with Crippen LogP contribution in [-0.2, 0) is 0 Å². The van der Waals surface area contributed by atoms with Gasteiger partial charge >= 0.3 is 0 Å². The van der Waals surface area contributed by atoms with Gasteiger partial charge in [-0.15, -0.1) is 11.8 Å². The Morgan fingerprint density at radius 2 is 2.33 bits per heavy atom. The van der Waals surface area contributed by atoms with Crippen LogP contribution >= 0.6 is 11.8 Å². The number of aromatic nitrogens is 1. The van der Waals surface area contributed by atoms with Crippen LogP contribution < -0.4 is 5.32 Å². The van der Waals surface area contributed by atoms with Crippen molar-refractivity contribution in [2.75, 3.05) is 6.26 Å². The number of nitrogens with zero attached hydrogens (tertiary/aromatic N) is 1. The first-order chi connectivity index (χ1) is 8.46. The van der Waals surface area contributed by atoms with Crippen LogP contribution in [0, 0.1) is 5.41 Å². The van der Waals surface area contributed by atoms with Crippen molar-refractivity contribution in [1.29, 1.82) is 0 Å². The number of nitrogens with one attached hydrogen (secondary N) is 1. The van der Waals surface area contributed by atoms with Gasteiger partial charge in [-0.2, -0.15) is 0 Å². The van der Waals surface area contributed by atoms with Crippen LogP contribution in [0.4, 0.5) is 0 Å². The first-order valence-electron chi connectivity index (χ1n) is 5.94. The number of thioether (sulfide) groups is 1. The van der Waals surface area contributed by atoms with Gasteiger partial charge in [0.2, 0.25) is 0 Å². The summed E-state index contributed by atoms with van der Waals surface area (Å²) in [6.45, 7) is 3.93. The number of rotatable bonds is 3. The molecule has 1 aromatic heterocycles. The molecule has 1 heterocycles. The van der Waals surface area contributed by atoms with E-state index in [4.69, 9.17) is 0 Å². The molecule has 98 valence electrons. The molecular weight excluding hydrogens is 248 g/mol. The van der Waals surface area contributed by atoms with Crippen molar-refractivity contribution in [3.8, 4) is 0 Å². The lowest BCUT2D eigenvalue weighted by atomic mass is 9.64. The van der Waals surface area contributed by atoms with Gasteiger partial charge < -0.3 is 10.4 Å². The highest BCUT2D eigenvalue weighted by Crippen LogP contribution is 2.40. The largest absolute Gasteiger partial charge is 0.392 e. The Morgan fingerprint density at radius 3 is 2.89 bits per heavy atom. The number of carbonyl (C=O) groups excluding carboxylic acids is 1. The van der Waals surface area contributed by atoms with Gasteiger partial charge in [-0.05, 0) is 24.8 Å². The number of pyridine rings is 1. The van der Waals surface area contributed by atoms with E-state index in [1.807, 2.05) is 20.1 Å². The molecule has 1 fully saturated rings. The van der Waals surface area contributed by atoms with Crippen LogP contribution in [0.25, 0.3) is 0 Å². The number of aliphatic hydroxyl groups is 1. The molecule has 0 radical (unpaired) electrons. The van der Waals surface area contributed by atoms with Gasteiger partial charge in [0.25, 0.3) is 5.91 Å². The Balaban J connectivity index is 2.09. The van der Waals surface area contributed by atoms with Crippen molar-refractivity contribution in [3.05, 3.63) is 23.9 Å². The molecule has 0 spiro atoms. The molecule has 2 N–H and O–H groups in total. The van der Waals surface area contributed by atoms with E-state index >= 15 is 0 Å². The topological polar surface area (TPSA) is 62.2 Å². The standard InChI is InChI=1S/C13H18N2O2S/c1-13(2)9(7-10(13)16)15-11(17)8-5-4-6-14-12(8)18-3/h4-6,9-10,16H,7H2,1-3H3,(H,15,17). The van der Waals surface area contributed by atoms with Gasteiger partial charge in [0, 0.05) is 17.7 Å². The zero-order valence-corrected chi connectivity index (χ0v) is 11.6. The summed E-state index contributed by atoms with van der Waals surface area (Å²) in [7, 11) is 0. The second-order valence-corrected chi connectivity index (χ2v) is 5.95. The minimum atomic E-state index is -0.336. The van der Waals surface area contributed by atoms with Crippen LogP contribution in [0.3, 0.4) is 0 Å². The fourth-order valence-electron chi connectivity index (χ4n) is 2.11. The minimum Gasteiger partial charge on any atom is -0.392 e. The van der Waals surface area contributed by atoms with E-state index in [2.05, 4.69) is 10.3 Å². The summed E-state index contributed by atoms with van der Waals surface area (Å²) in [5.74, 6) is -0.113. The van der Waals surface area contributed by atoms with E-state index in [9.17, 15) is 9.90 Å². The molecule has 2 unspecified atom stereocenters. The summed E-state index contributed by atoms with van der Waals surface area (Å²) in [4.78, 5) is 16.3. The normalized spacial score (nSPS) is 25.3. The van der Waals surface area contributed by atoms with Crippen LogP contribution in [0.5, 0.6) is 0 Å². The average Bonchev–Trinajstić information content (AvgIpc) is 2.38. The predicted octanol–water partition coefficient (Wildman–Crippen LogP) is 1.69. The van der Waals surface area contributed by atoms with E-state index in [0.717, 1.165) is 5.03 Å². The lowest BCUT2D eigenvalue weighted by Gasteiger charge is -2.49. The van der Waals surface area contributed by atoms with Gasteiger partial charge in [0.05, 0.1) is 11.7 Å². The fourth-order valence-corrected chi connectivity index (χ4v) is 2.66. The molecule has 4 nitrogen and oxygen atoms in total. The SMILES string of the molecule is CSc1ncccc1C(=O)NC1CC(O)C1(C)C. The lowest BCUT2D eigenvalue weighted by molar-refractivity contribution is -0.0689. The molecule has 5 heteroatoms.